The number of amides is 2. The average molecular weight is 345 g/mol. The van der Waals surface area contributed by atoms with E-state index in [0.717, 1.165) is 31.4 Å². The first kappa shape index (κ1) is 19.4. The monoisotopic (exact) mass is 345 g/mol. The molecule has 1 aliphatic rings. The quantitative estimate of drug-likeness (QED) is 0.641. The van der Waals surface area contributed by atoms with Crippen LogP contribution >= 0.6 is 0 Å². The number of nitrogens with one attached hydrogen (secondary N) is 2. The fourth-order valence-corrected chi connectivity index (χ4v) is 3.10. The van der Waals surface area contributed by atoms with Crippen molar-refractivity contribution >= 4 is 11.8 Å². The van der Waals surface area contributed by atoms with Gasteiger partial charge < -0.3 is 10.6 Å². The van der Waals surface area contributed by atoms with Crippen molar-refractivity contribution in [3.8, 4) is 0 Å². The molecule has 25 heavy (non-hydrogen) atoms. The van der Waals surface area contributed by atoms with Crippen LogP contribution in [0.5, 0.6) is 0 Å². The van der Waals surface area contributed by atoms with Gasteiger partial charge in [-0.25, -0.2) is 0 Å². The summed E-state index contributed by atoms with van der Waals surface area (Å²) < 4.78 is 0. The highest BCUT2D eigenvalue weighted by molar-refractivity contribution is 5.75. The van der Waals surface area contributed by atoms with Gasteiger partial charge in [-0.15, -0.1) is 0 Å². The van der Waals surface area contributed by atoms with Gasteiger partial charge in [-0.3, -0.25) is 14.5 Å². The standard InChI is InChI=1S/C20H31N3O2/c1-17(24)21-12-4-2-3-7-20(25)22-15-18-8-10-19(11-9-18)16-23-13-5-6-14-23/h8-11H,2-7,12-16H2,1H3,(H,21,24)(H,22,25). The van der Waals surface area contributed by atoms with E-state index in [0.29, 0.717) is 19.5 Å². The van der Waals surface area contributed by atoms with Gasteiger partial charge in [-0.2, -0.15) is 0 Å². The summed E-state index contributed by atoms with van der Waals surface area (Å²) in [6, 6.07) is 8.56. The largest absolute Gasteiger partial charge is 0.356 e. The minimum absolute atomic E-state index is 0.00388. The molecule has 0 radical (unpaired) electrons. The van der Waals surface area contributed by atoms with Crippen LogP contribution < -0.4 is 10.6 Å². The summed E-state index contributed by atoms with van der Waals surface area (Å²) in [5.74, 6) is 0.102. The van der Waals surface area contributed by atoms with Crippen molar-refractivity contribution in [2.24, 2.45) is 0 Å². The number of hydrogen-bond acceptors (Lipinski definition) is 3. The summed E-state index contributed by atoms with van der Waals surface area (Å²) in [5.41, 5.74) is 2.49. The average Bonchev–Trinajstić information content (AvgIpc) is 3.10. The van der Waals surface area contributed by atoms with Gasteiger partial charge in [0.05, 0.1) is 0 Å². The first-order valence-electron chi connectivity index (χ1n) is 9.45. The van der Waals surface area contributed by atoms with Gasteiger partial charge in [-0.1, -0.05) is 30.7 Å². The molecule has 1 saturated heterocycles. The first-order valence-corrected chi connectivity index (χ1v) is 9.45. The van der Waals surface area contributed by atoms with Crippen LogP contribution in [-0.4, -0.2) is 36.3 Å². The second-order valence-corrected chi connectivity index (χ2v) is 6.87. The minimum atomic E-state index is 0.00388. The van der Waals surface area contributed by atoms with Crippen LogP contribution in [0.3, 0.4) is 0 Å². The Kier molecular flexibility index (Phi) is 8.46. The summed E-state index contributed by atoms with van der Waals surface area (Å²) in [7, 11) is 0. The predicted octanol–water partition coefficient (Wildman–Crippen LogP) is 2.60. The number of carbonyl (C=O) groups is 2. The molecule has 2 N–H and O–H groups in total. The third kappa shape index (κ3) is 8.16. The third-order valence-electron chi connectivity index (χ3n) is 4.57. The highest BCUT2D eigenvalue weighted by Gasteiger charge is 2.11. The van der Waals surface area contributed by atoms with Crippen molar-refractivity contribution in [2.45, 2.75) is 58.5 Å². The van der Waals surface area contributed by atoms with E-state index < -0.39 is 0 Å². The van der Waals surface area contributed by atoms with Crippen LogP contribution in [0.2, 0.25) is 0 Å². The Morgan fingerprint density at radius 2 is 1.64 bits per heavy atom. The van der Waals surface area contributed by atoms with Gasteiger partial charge in [-0.05, 0) is 49.9 Å². The van der Waals surface area contributed by atoms with Crippen molar-refractivity contribution in [3.05, 3.63) is 35.4 Å². The lowest BCUT2D eigenvalue weighted by atomic mass is 10.1. The van der Waals surface area contributed by atoms with Gasteiger partial charge in [0.15, 0.2) is 0 Å². The van der Waals surface area contributed by atoms with E-state index in [2.05, 4.69) is 39.8 Å². The molecule has 5 nitrogen and oxygen atoms in total. The second kappa shape index (κ2) is 10.9. The predicted molar refractivity (Wildman–Crippen MR) is 100.0 cm³/mol. The Morgan fingerprint density at radius 3 is 2.32 bits per heavy atom. The van der Waals surface area contributed by atoms with E-state index in [4.69, 9.17) is 0 Å². The van der Waals surface area contributed by atoms with E-state index in [-0.39, 0.29) is 11.8 Å². The topological polar surface area (TPSA) is 61.4 Å². The number of hydrogen-bond donors (Lipinski definition) is 2. The highest BCUT2D eigenvalue weighted by atomic mass is 16.2. The Labute approximate surface area is 151 Å². The lowest BCUT2D eigenvalue weighted by Gasteiger charge is -2.14. The van der Waals surface area contributed by atoms with Crippen LogP contribution in [0.4, 0.5) is 0 Å². The molecule has 0 atom stereocenters. The smallest absolute Gasteiger partial charge is 0.220 e. The van der Waals surface area contributed by atoms with Gasteiger partial charge in [0.25, 0.3) is 0 Å². The molecule has 1 heterocycles. The summed E-state index contributed by atoms with van der Waals surface area (Å²) >= 11 is 0. The van der Waals surface area contributed by atoms with Crippen molar-refractivity contribution in [1.82, 2.24) is 15.5 Å². The molecule has 138 valence electrons. The number of nitrogens with zero attached hydrogens (tertiary/aromatic N) is 1. The molecule has 1 fully saturated rings. The lowest BCUT2D eigenvalue weighted by molar-refractivity contribution is -0.121. The Morgan fingerprint density at radius 1 is 0.960 bits per heavy atom. The molecule has 0 aliphatic carbocycles. The second-order valence-electron chi connectivity index (χ2n) is 6.87. The van der Waals surface area contributed by atoms with Gasteiger partial charge in [0, 0.05) is 33.0 Å². The van der Waals surface area contributed by atoms with Crippen LogP contribution in [0.25, 0.3) is 0 Å². The normalized spacial score (nSPS) is 14.4. The fourth-order valence-electron chi connectivity index (χ4n) is 3.10. The summed E-state index contributed by atoms with van der Waals surface area (Å²) in [6.45, 7) is 6.26. The van der Waals surface area contributed by atoms with E-state index in [1.54, 1.807) is 0 Å². The van der Waals surface area contributed by atoms with E-state index >= 15 is 0 Å². The van der Waals surface area contributed by atoms with Crippen LogP contribution in [0.1, 0.15) is 56.6 Å². The summed E-state index contributed by atoms with van der Waals surface area (Å²) in [4.78, 5) is 25.1. The van der Waals surface area contributed by atoms with Crippen molar-refractivity contribution < 1.29 is 9.59 Å². The Hall–Kier alpha value is -1.88. The molecule has 5 heteroatoms. The van der Waals surface area contributed by atoms with Crippen molar-refractivity contribution in [1.29, 1.82) is 0 Å². The zero-order valence-electron chi connectivity index (χ0n) is 15.4. The number of unbranched alkanes of at least 4 members (excludes halogenated alkanes) is 2. The molecule has 0 spiro atoms. The van der Waals surface area contributed by atoms with Gasteiger partial charge >= 0.3 is 0 Å². The van der Waals surface area contributed by atoms with Crippen molar-refractivity contribution in [2.75, 3.05) is 19.6 Å². The lowest BCUT2D eigenvalue weighted by Crippen LogP contribution is -2.23. The Balaban J connectivity index is 1.57. The van der Waals surface area contributed by atoms with Crippen LogP contribution in [0, 0.1) is 0 Å². The van der Waals surface area contributed by atoms with Gasteiger partial charge in [0.1, 0.15) is 0 Å². The molecule has 0 aromatic heterocycles. The summed E-state index contributed by atoms with van der Waals surface area (Å²) in [6.07, 6.45) is 5.92. The number of likely N-dealkylation sites (tertiary alicyclic amines) is 1. The van der Waals surface area contributed by atoms with Crippen LogP contribution in [-0.2, 0) is 22.7 Å². The number of benzene rings is 1. The SMILES string of the molecule is CC(=O)NCCCCCC(=O)NCc1ccc(CN2CCCC2)cc1. The maximum absolute atomic E-state index is 11.9. The number of rotatable bonds is 10. The molecule has 2 amide bonds. The maximum atomic E-state index is 11.9. The molecule has 0 saturated carbocycles. The zero-order valence-corrected chi connectivity index (χ0v) is 15.4. The third-order valence-corrected chi connectivity index (χ3v) is 4.57. The van der Waals surface area contributed by atoms with E-state index in [9.17, 15) is 9.59 Å². The maximum Gasteiger partial charge on any atom is 0.220 e. The summed E-state index contributed by atoms with van der Waals surface area (Å²) in [5, 5.41) is 5.75. The molecular weight excluding hydrogens is 314 g/mol. The molecule has 1 aromatic rings. The highest BCUT2D eigenvalue weighted by Crippen LogP contribution is 2.13. The Bertz CT molecular complexity index is 536. The first-order chi connectivity index (χ1) is 12.1. The fraction of sp³-hybridized carbons (Fsp3) is 0.600. The molecular formula is C20H31N3O2. The molecule has 0 unspecified atom stereocenters. The van der Waals surface area contributed by atoms with Crippen molar-refractivity contribution in [3.63, 3.8) is 0 Å². The van der Waals surface area contributed by atoms with Crippen LogP contribution in [0.15, 0.2) is 24.3 Å². The zero-order chi connectivity index (χ0) is 17.9. The van der Waals surface area contributed by atoms with E-state index in [1.807, 2.05) is 0 Å². The van der Waals surface area contributed by atoms with E-state index in [1.165, 1.54) is 38.4 Å². The molecule has 0 bridgehead atoms. The molecule has 1 aromatic carbocycles. The van der Waals surface area contributed by atoms with Gasteiger partial charge in [0.2, 0.25) is 11.8 Å². The minimum Gasteiger partial charge on any atom is -0.356 e. The molecule has 1 aliphatic heterocycles. The number of carbonyl (C=O) groups excluding carboxylic acids is 2. The molecule has 2 rings (SSSR count).